The number of aliphatic hydroxyl groups excluding tert-OH is 12. The van der Waals surface area contributed by atoms with Crippen LogP contribution in [0.25, 0.3) is 0 Å². The molecule has 4 saturated heterocycles. The van der Waals surface area contributed by atoms with E-state index in [1.54, 1.807) is 0 Å². The van der Waals surface area contributed by atoms with E-state index < -0.39 is 192 Å². The smallest absolute Gasteiger partial charge is 0.234 e. The van der Waals surface area contributed by atoms with Crippen molar-refractivity contribution in [3.05, 3.63) is 0 Å². The number of ketones is 1. The standard InChI is InChI=1S/C57H103N5O25/c1-4-5-6-7-8-9-10-11-12-13-14-15-18-21-38(66)61-42-53(87-57-52(79)49(76)45(72)36(31-64)85-57)46(73)37(32-82-56-51(78)48(75)44(71)35(30-63)84-56)86-54(42)80-25-23-59-40(68)28-62(27-39(67)58-22-19-16-17-20-33(2)65)29-41(69)60-24-26-81-55-50(77)47(74)43(70)34(3)83-55/h34-37,42-57,63-64,70-79H,4-32H2,1-3H3,(H,58,67)(H,59,68)(H,60,69)(H,61,66)/t34-,35+,36+,37+,42+,43+,44+,45+,46+,47+,48-,49-,50-,51-,52-,53+,54+,55+,56-,57+/m0/s1. The zero-order chi connectivity index (χ0) is 64.0. The molecule has 87 heavy (non-hydrogen) atoms. The van der Waals surface area contributed by atoms with E-state index in [2.05, 4.69) is 28.2 Å². The van der Waals surface area contributed by atoms with Crippen molar-refractivity contribution in [1.82, 2.24) is 26.2 Å². The molecule has 30 nitrogen and oxygen atoms in total. The van der Waals surface area contributed by atoms with E-state index in [9.17, 15) is 85.3 Å². The average molecular weight is 1260 g/mol. The van der Waals surface area contributed by atoms with E-state index >= 15 is 0 Å². The minimum atomic E-state index is -1.99. The predicted molar refractivity (Wildman–Crippen MR) is 304 cm³/mol. The Labute approximate surface area is 508 Å². The minimum Gasteiger partial charge on any atom is -0.394 e. The van der Waals surface area contributed by atoms with Crippen LogP contribution in [-0.4, -0.2) is 291 Å². The molecular weight excluding hydrogens is 1150 g/mol. The van der Waals surface area contributed by atoms with Crippen molar-refractivity contribution in [1.29, 1.82) is 0 Å². The summed E-state index contributed by atoms with van der Waals surface area (Å²) in [6.45, 7) is 0.686. The van der Waals surface area contributed by atoms with Gasteiger partial charge in [-0.25, -0.2) is 0 Å². The SMILES string of the molecule is CCCCCCCCCCCCCCCC(=O)N[C@H]1[C@H](OCCNC(=O)CN(CC(=O)NCCCCCC(C)=O)CC(=O)NCCO[C@@H]2O[C@@H](C)[C@@H](O)[C@@H](O)[C@@H]2O)O[C@H](CO[C@H]2O[C@H](CO)[C@@H](O)[C@H](O)[C@@H]2O)[C@@H](O)[C@@H]1O[C@H]1O[C@H](CO)[C@@H](O)[C@H](O)[C@@H]1O. The second kappa shape index (κ2) is 41.2. The monoisotopic (exact) mass is 1260 g/mol. The summed E-state index contributed by atoms with van der Waals surface area (Å²) in [5.41, 5.74) is 0. The molecule has 0 aromatic carbocycles. The molecule has 30 heteroatoms. The number of ether oxygens (including phenoxy) is 8. The van der Waals surface area contributed by atoms with E-state index in [1.807, 2.05) is 0 Å². The van der Waals surface area contributed by atoms with Gasteiger partial charge in [-0.2, -0.15) is 0 Å². The van der Waals surface area contributed by atoms with Gasteiger partial charge in [-0.3, -0.25) is 24.1 Å². The number of carbonyl (C=O) groups excluding carboxylic acids is 5. The summed E-state index contributed by atoms with van der Waals surface area (Å²) in [5, 5.41) is 137. The normalized spacial score (nSPS) is 32.8. The first kappa shape index (κ1) is 76.2. The molecule has 4 fully saturated rings. The van der Waals surface area contributed by atoms with Crippen LogP contribution in [0.4, 0.5) is 0 Å². The first-order valence-corrected chi connectivity index (χ1v) is 31.1. The lowest BCUT2D eigenvalue weighted by atomic mass is 9.95. The molecule has 16 N–H and O–H groups in total. The Bertz CT molecular complexity index is 1970. The Morgan fingerprint density at radius 2 is 0.862 bits per heavy atom. The van der Waals surface area contributed by atoms with Gasteiger partial charge in [-0.05, 0) is 33.1 Å². The van der Waals surface area contributed by atoms with Gasteiger partial charge in [-0.15, -0.1) is 0 Å². The Morgan fingerprint density at radius 1 is 0.437 bits per heavy atom. The summed E-state index contributed by atoms with van der Waals surface area (Å²) >= 11 is 0. The molecule has 4 aliphatic heterocycles. The fraction of sp³-hybridized carbons (Fsp3) is 0.912. The lowest BCUT2D eigenvalue weighted by molar-refractivity contribution is -0.351. The number of hydrogen-bond acceptors (Lipinski definition) is 26. The minimum absolute atomic E-state index is 0.000670. The van der Waals surface area contributed by atoms with Gasteiger partial charge in [0.05, 0.1) is 58.8 Å². The van der Waals surface area contributed by atoms with Gasteiger partial charge in [0, 0.05) is 32.5 Å². The molecule has 0 aliphatic carbocycles. The number of nitrogens with zero attached hydrogens (tertiary/aromatic N) is 1. The molecule has 4 aliphatic rings. The molecule has 0 aromatic heterocycles. The largest absolute Gasteiger partial charge is 0.394 e. The lowest BCUT2D eigenvalue weighted by Gasteiger charge is -2.48. The first-order valence-electron chi connectivity index (χ1n) is 31.1. The zero-order valence-electron chi connectivity index (χ0n) is 50.7. The Balaban J connectivity index is 1.48. The maximum atomic E-state index is 13.9. The third-order valence-corrected chi connectivity index (χ3v) is 15.8. The summed E-state index contributed by atoms with van der Waals surface area (Å²) in [6, 6.07) is -1.49. The molecule has 20 atom stereocenters. The molecule has 0 unspecified atom stereocenters. The van der Waals surface area contributed by atoms with E-state index in [4.69, 9.17) is 37.9 Å². The van der Waals surface area contributed by atoms with Crippen LogP contribution >= 0.6 is 0 Å². The highest BCUT2D eigenvalue weighted by atomic mass is 16.7. The van der Waals surface area contributed by atoms with Crippen LogP contribution in [-0.2, 0) is 61.9 Å². The van der Waals surface area contributed by atoms with Gasteiger partial charge in [0.25, 0.3) is 0 Å². The number of hydrogen-bond donors (Lipinski definition) is 16. The van der Waals surface area contributed by atoms with Crippen molar-refractivity contribution < 1.29 is 123 Å². The fourth-order valence-electron chi connectivity index (χ4n) is 10.5. The summed E-state index contributed by atoms with van der Waals surface area (Å²) in [5.74, 6) is -2.34. The van der Waals surface area contributed by atoms with Gasteiger partial charge in [-0.1, -0.05) is 90.4 Å². The summed E-state index contributed by atoms with van der Waals surface area (Å²) < 4.78 is 46.3. The molecule has 0 bridgehead atoms. The number of aliphatic hydroxyl groups is 12. The van der Waals surface area contributed by atoms with Crippen LogP contribution in [0.3, 0.4) is 0 Å². The zero-order valence-corrected chi connectivity index (χ0v) is 50.7. The number of amides is 4. The van der Waals surface area contributed by atoms with Crippen LogP contribution < -0.4 is 21.3 Å². The van der Waals surface area contributed by atoms with Gasteiger partial charge in [0.1, 0.15) is 97.3 Å². The number of carbonyl (C=O) groups is 5. The van der Waals surface area contributed by atoms with Crippen molar-refractivity contribution in [2.75, 3.05) is 72.3 Å². The summed E-state index contributed by atoms with van der Waals surface area (Å²) in [4.78, 5) is 66.4. The Morgan fingerprint density at radius 3 is 1.38 bits per heavy atom. The molecule has 506 valence electrons. The first-order chi connectivity index (χ1) is 41.6. The third kappa shape index (κ3) is 26.1. The van der Waals surface area contributed by atoms with Crippen LogP contribution in [0.2, 0.25) is 0 Å². The van der Waals surface area contributed by atoms with Crippen LogP contribution in [0.1, 0.15) is 136 Å². The second-order valence-electron chi connectivity index (χ2n) is 23.1. The summed E-state index contributed by atoms with van der Waals surface area (Å²) in [6.07, 6.45) is -14.8. The Kier molecular flexibility index (Phi) is 36.1. The van der Waals surface area contributed by atoms with Gasteiger partial charge in [0.15, 0.2) is 25.2 Å². The maximum Gasteiger partial charge on any atom is 0.234 e. The van der Waals surface area contributed by atoms with E-state index in [0.717, 1.165) is 32.1 Å². The van der Waals surface area contributed by atoms with E-state index in [-0.39, 0.29) is 38.4 Å². The van der Waals surface area contributed by atoms with Crippen molar-refractivity contribution in [3.8, 4) is 0 Å². The third-order valence-electron chi connectivity index (χ3n) is 15.8. The number of unbranched alkanes of at least 4 members (excludes halogenated alkanes) is 14. The highest BCUT2D eigenvalue weighted by molar-refractivity contribution is 5.84. The van der Waals surface area contributed by atoms with Crippen LogP contribution in [0, 0.1) is 0 Å². The number of Topliss-reactive ketones (excluding diaryl/α,β-unsaturated/α-hetero) is 1. The van der Waals surface area contributed by atoms with E-state index in [0.29, 0.717) is 32.1 Å². The average Bonchev–Trinajstić information content (AvgIpc) is 1.45. The van der Waals surface area contributed by atoms with Crippen molar-refractivity contribution >= 4 is 29.4 Å². The van der Waals surface area contributed by atoms with Gasteiger partial charge < -0.3 is 125 Å². The van der Waals surface area contributed by atoms with E-state index in [1.165, 1.54) is 63.7 Å². The lowest BCUT2D eigenvalue weighted by Crippen LogP contribution is -2.68. The topological polar surface area (TPSA) is 453 Å². The fourth-order valence-corrected chi connectivity index (χ4v) is 10.5. The molecule has 0 aromatic rings. The van der Waals surface area contributed by atoms with Crippen molar-refractivity contribution in [2.24, 2.45) is 0 Å². The Hall–Kier alpha value is -3.29. The molecule has 0 spiro atoms. The van der Waals surface area contributed by atoms with Gasteiger partial charge >= 0.3 is 0 Å². The molecule has 0 radical (unpaired) electrons. The van der Waals surface area contributed by atoms with Crippen LogP contribution in [0.15, 0.2) is 0 Å². The molecular formula is C57H103N5O25. The second-order valence-corrected chi connectivity index (χ2v) is 23.1. The molecule has 4 heterocycles. The number of rotatable bonds is 42. The highest BCUT2D eigenvalue weighted by Crippen LogP contribution is 2.32. The van der Waals surface area contributed by atoms with Gasteiger partial charge in [0.2, 0.25) is 23.6 Å². The quantitative estimate of drug-likeness (QED) is 0.0257. The van der Waals surface area contributed by atoms with Crippen LogP contribution in [0.5, 0.6) is 0 Å². The summed E-state index contributed by atoms with van der Waals surface area (Å²) in [7, 11) is 0. The molecule has 4 rings (SSSR count). The highest BCUT2D eigenvalue weighted by Gasteiger charge is 2.53. The van der Waals surface area contributed by atoms with Crippen molar-refractivity contribution in [3.63, 3.8) is 0 Å². The maximum absolute atomic E-state index is 13.9. The molecule has 0 saturated carbocycles. The van der Waals surface area contributed by atoms with Crippen molar-refractivity contribution in [2.45, 2.75) is 259 Å². The number of nitrogens with one attached hydrogen (secondary N) is 4. The molecule has 4 amide bonds. The predicted octanol–water partition coefficient (Wildman–Crippen LogP) is -4.30.